The van der Waals surface area contributed by atoms with Crippen molar-refractivity contribution in [1.82, 2.24) is 20.2 Å². The Kier molecular flexibility index (Phi) is 6.08. The van der Waals surface area contributed by atoms with Gasteiger partial charge in [-0.25, -0.2) is 9.37 Å². The zero-order valence-corrected chi connectivity index (χ0v) is 15.4. The fraction of sp³-hybridized carbons (Fsp3) is 0.474. The molecule has 0 unspecified atom stereocenters. The SMILES string of the molecule is COc1ccc(F)c(CN2CCC[C@@](O)(CNCCc3cnc[nH]3)C2=O)c1. The maximum absolute atomic E-state index is 14.1. The van der Waals surface area contributed by atoms with Crippen LogP contribution in [0.25, 0.3) is 0 Å². The Morgan fingerprint density at radius 3 is 3.07 bits per heavy atom. The molecule has 0 aliphatic carbocycles. The van der Waals surface area contributed by atoms with Crippen molar-refractivity contribution in [2.75, 3.05) is 26.7 Å². The largest absolute Gasteiger partial charge is 0.497 e. The second-order valence-corrected chi connectivity index (χ2v) is 6.82. The van der Waals surface area contributed by atoms with Crippen molar-refractivity contribution in [3.05, 3.63) is 47.8 Å². The molecule has 2 aromatic rings. The van der Waals surface area contributed by atoms with Gasteiger partial charge in [0.25, 0.3) is 5.91 Å². The van der Waals surface area contributed by atoms with E-state index in [1.807, 2.05) is 0 Å². The lowest BCUT2D eigenvalue weighted by atomic mass is 9.91. The van der Waals surface area contributed by atoms with Crippen LogP contribution in [0.3, 0.4) is 0 Å². The molecule has 7 nitrogen and oxygen atoms in total. The lowest BCUT2D eigenvalue weighted by Gasteiger charge is -2.38. The summed E-state index contributed by atoms with van der Waals surface area (Å²) >= 11 is 0. The van der Waals surface area contributed by atoms with Crippen molar-refractivity contribution in [2.24, 2.45) is 0 Å². The molecule has 1 aliphatic rings. The molecule has 3 rings (SSSR count). The van der Waals surface area contributed by atoms with E-state index in [0.29, 0.717) is 37.2 Å². The number of nitrogens with zero attached hydrogens (tertiary/aromatic N) is 2. The number of likely N-dealkylation sites (tertiary alicyclic amines) is 1. The molecule has 0 radical (unpaired) electrons. The van der Waals surface area contributed by atoms with Gasteiger partial charge in [-0.2, -0.15) is 0 Å². The molecular weight excluding hydrogens is 351 g/mol. The van der Waals surface area contributed by atoms with E-state index in [4.69, 9.17) is 4.74 Å². The first-order valence-corrected chi connectivity index (χ1v) is 9.04. The van der Waals surface area contributed by atoms with E-state index in [1.165, 1.54) is 24.1 Å². The number of rotatable bonds is 8. The standard InChI is InChI=1S/C19H25FN4O3/c1-27-16-3-4-17(20)14(9-16)11-24-8-2-6-19(26,18(24)25)12-21-7-5-15-10-22-13-23-15/h3-4,9-10,13,21,26H,2,5-8,11-12H2,1H3,(H,22,23)/t19-/m1/s1. The minimum absolute atomic E-state index is 0.109. The van der Waals surface area contributed by atoms with E-state index in [2.05, 4.69) is 15.3 Å². The van der Waals surface area contributed by atoms with E-state index in [9.17, 15) is 14.3 Å². The predicted octanol–water partition coefficient (Wildman–Crippen LogP) is 1.24. The summed E-state index contributed by atoms with van der Waals surface area (Å²) < 4.78 is 19.2. The smallest absolute Gasteiger partial charge is 0.256 e. The van der Waals surface area contributed by atoms with Gasteiger partial charge in [-0.15, -0.1) is 0 Å². The third kappa shape index (κ3) is 4.64. The Bertz CT molecular complexity index is 768. The molecule has 1 saturated heterocycles. The number of halogens is 1. The number of aromatic nitrogens is 2. The fourth-order valence-electron chi connectivity index (χ4n) is 3.32. The molecule has 0 saturated carbocycles. The normalized spacial score (nSPS) is 20.1. The van der Waals surface area contributed by atoms with Crippen LogP contribution in [0.1, 0.15) is 24.1 Å². The van der Waals surface area contributed by atoms with Crippen molar-refractivity contribution in [3.63, 3.8) is 0 Å². The minimum Gasteiger partial charge on any atom is -0.497 e. The van der Waals surface area contributed by atoms with Gasteiger partial charge in [0.1, 0.15) is 11.6 Å². The van der Waals surface area contributed by atoms with Crippen LogP contribution in [0.2, 0.25) is 0 Å². The molecule has 146 valence electrons. The predicted molar refractivity (Wildman–Crippen MR) is 97.7 cm³/mol. The van der Waals surface area contributed by atoms with Crippen molar-refractivity contribution < 1.29 is 19.0 Å². The van der Waals surface area contributed by atoms with Crippen molar-refractivity contribution in [1.29, 1.82) is 0 Å². The number of H-pyrrole nitrogens is 1. The van der Waals surface area contributed by atoms with Crippen molar-refractivity contribution >= 4 is 5.91 Å². The Labute approximate surface area is 157 Å². The molecular formula is C19H25FN4O3. The van der Waals surface area contributed by atoms with Gasteiger partial charge in [0.15, 0.2) is 5.60 Å². The first-order valence-electron chi connectivity index (χ1n) is 9.04. The van der Waals surface area contributed by atoms with Gasteiger partial charge in [-0.3, -0.25) is 4.79 Å². The highest BCUT2D eigenvalue weighted by atomic mass is 19.1. The molecule has 3 N–H and O–H groups in total. The molecule has 1 aromatic carbocycles. The Balaban J connectivity index is 1.59. The lowest BCUT2D eigenvalue weighted by molar-refractivity contribution is -0.157. The van der Waals surface area contributed by atoms with Crippen LogP contribution >= 0.6 is 0 Å². The highest BCUT2D eigenvalue weighted by molar-refractivity contribution is 5.86. The number of aliphatic hydroxyl groups is 1. The number of carbonyl (C=O) groups excluding carboxylic acids is 1. The summed E-state index contributed by atoms with van der Waals surface area (Å²) in [6.07, 6.45) is 5.13. The zero-order chi connectivity index (χ0) is 19.3. The number of imidazole rings is 1. The minimum atomic E-state index is -1.47. The highest BCUT2D eigenvalue weighted by Crippen LogP contribution is 2.25. The molecule has 1 atom stereocenters. The number of amides is 1. The Morgan fingerprint density at radius 2 is 2.33 bits per heavy atom. The molecule has 2 heterocycles. The third-order valence-electron chi connectivity index (χ3n) is 4.86. The number of piperidine rings is 1. The van der Waals surface area contributed by atoms with Gasteiger partial charge in [-0.1, -0.05) is 0 Å². The first-order chi connectivity index (χ1) is 13.0. The van der Waals surface area contributed by atoms with E-state index in [0.717, 1.165) is 12.1 Å². The molecule has 8 heteroatoms. The molecule has 0 bridgehead atoms. The lowest BCUT2D eigenvalue weighted by Crippen LogP contribution is -2.57. The van der Waals surface area contributed by atoms with Crippen LogP contribution in [0, 0.1) is 5.82 Å². The van der Waals surface area contributed by atoms with Gasteiger partial charge in [0.05, 0.1) is 13.4 Å². The van der Waals surface area contributed by atoms with E-state index in [-0.39, 0.29) is 19.0 Å². The number of benzene rings is 1. The second kappa shape index (κ2) is 8.49. The number of ether oxygens (including phenoxy) is 1. The monoisotopic (exact) mass is 376 g/mol. The zero-order valence-electron chi connectivity index (χ0n) is 15.4. The summed E-state index contributed by atoms with van der Waals surface area (Å²) in [6.45, 7) is 1.38. The molecule has 1 aliphatic heterocycles. The summed E-state index contributed by atoms with van der Waals surface area (Å²) in [4.78, 5) is 21.3. The van der Waals surface area contributed by atoms with Gasteiger partial charge in [-0.05, 0) is 31.0 Å². The number of nitrogens with one attached hydrogen (secondary N) is 2. The van der Waals surface area contributed by atoms with Gasteiger partial charge in [0.2, 0.25) is 0 Å². The first kappa shape index (κ1) is 19.3. The average molecular weight is 376 g/mol. The number of hydrogen-bond acceptors (Lipinski definition) is 5. The Morgan fingerprint density at radius 1 is 1.48 bits per heavy atom. The van der Waals surface area contributed by atoms with Gasteiger partial charge in [0, 0.05) is 50.1 Å². The number of carbonyl (C=O) groups is 1. The summed E-state index contributed by atoms with van der Waals surface area (Å²) in [5, 5.41) is 14.0. The fourth-order valence-corrected chi connectivity index (χ4v) is 3.32. The summed E-state index contributed by atoms with van der Waals surface area (Å²) in [7, 11) is 1.51. The third-order valence-corrected chi connectivity index (χ3v) is 4.86. The molecule has 1 amide bonds. The summed E-state index contributed by atoms with van der Waals surface area (Å²) in [5.41, 5.74) is -0.111. The van der Waals surface area contributed by atoms with E-state index < -0.39 is 11.4 Å². The van der Waals surface area contributed by atoms with Crippen LogP contribution in [-0.2, 0) is 17.8 Å². The molecule has 1 fully saturated rings. The van der Waals surface area contributed by atoms with Gasteiger partial charge < -0.3 is 25.0 Å². The molecule has 0 spiro atoms. The Hall–Kier alpha value is -2.45. The summed E-state index contributed by atoms with van der Waals surface area (Å²) in [6, 6.07) is 4.45. The second-order valence-electron chi connectivity index (χ2n) is 6.82. The number of methoxy groups -OCH3 is 1. The number of aromatic amines is 1. The quantitative estimate of drug-likeness (QED) is 0.603. The van der Waals surface area contributed by atoms with Gasteiger partial charge >= 0.3 is 0 Å². The average Bonchev–Trinajstić information content (AvgIpc) is 3.18. The molecule has 27 heavy (non-hydrogen) atoms. The van der Waals surface area contributed by atoms with Crippen LogP contribution < -0.4 is 10.1 Å². The number of hydrogen-bond donors (Lipinski definition) is 3. The van der Waals surface area contributed by atoms with Crippen LogP contribution in [-0.4, -0.2) is 58.2 Å². The van der Waals surface area contributed by atoms with E-state index in [1.54, 1.807) is 18.6 Å². The van der Waals surface area contributed by atoms with Crippen molar-refractivity contribution in [3.8, 4) is 5.75 Å². The summed E-state index contributed by atoms with van der Waals surface area (Å²) in [5.74, 6) is -0.230. The van der Waals surface area contributed by atoms with Crippen LogP contribution in [0.15, 0.2) is 30.7 Å². The van der Waals surface area contributed by atoms with E-state index >= 15 is 0 Å². The van der Waals surface area contributed by atoms with Crippen LogP contribution in [0.4, 0.5) is 4.39 Å². The topological polar surface area (TPSA) is 90.5 Å². The van der Waals surface area contributed by atoms with Crippen LogP contribution in [0.5, 0.6) is 5.75 Å². The highest BCUT2D eigenvalue weighted by Gasteiger charge is 2.41. The molecule has 1 aromatic heterocycles. The maximum Gasteiger partial charge on any atom is 0.256 e. The maximum atomic E-state index is 14.1. The van der Waals surface area contributed by atoms with Crippen molar-refractivity contribution in [2.45, 2.75) is 31.4 Å².